The molecule has 0 aromatic heterocycles. The van der Waals surface area contributed by atoms with E-state index < -0.39 is 11.8 Å². The van der Waals surface area contributed by atoms with Crippen molar-refractivity contribution in [1.29, 1.82) is 0 Å². The summed E-state index contributed by atoms with van der Waals surface area (Å²) < 4.78 is 10.7. The maximum absolute atomic E-state index is 12.0. The van der Waals surface area contributed by atoms with Crippen LogP contribution in [-0.2, 0) is 21.5 Å². The lowest BCUT2D eigenvalue weighted by Crippen LogP contribution is -2.35. The third-order valence-corrected chi connectivity index (χ3v) is 7.05. The molecule has 1 aliphatic rings. The molecule has 0 amide bonds. The van der Waals surface area contributed by atoms with Crippen molar-refractivity contribution in [3.8, 4) is 0 Å². The van der Waals surface area contributed by atoms with E-state index in [1.807, 2.05) is 0 Å². The number of unbranched alkanes of at least 4 members (excludes halogenated alkanes) is 10. The lowest BCUT2D eigenvalue weighted by molar-refractivity contribution is -0.0538. The van der Waals surface area contributed by atoms with Gasteiger partial charge in [0.05, 0.1) is 12.2 Å². The molecule has 0 radical (unpaired) electrons. The van der Waals surface area contributed by atoms with Gasteiger partial charge in [-0.05, 0) is 56.1 Å². The van der Waals surface area contributed by atoms with Gasteiger partial charge in [0.25, 0.3) is 0 Å². The van der Waals surface area contributed by atoms with Gasteiger partial charge in [-0.25, -0.2) is 4.79 Å². The molecule has 0 unspecified atom stereocenters. The van der Waals surface area contributed by atoms with Crippen LogP contribution in [0.4, 0.5) is 4.79 Å². The first-order valence-corrected chi connectivity index (χ1v) is 13.7. The summed E-state index contributed by atoms with van der Waals surface area (Å²) in [6, 6.07) is 8.51. The van der Waals surface area contributed by atoms with Gasteiger partial charge in [-0.15, -0.1) is 0 Å². The fraction of sp³-hybridized carbons (Fsp3) is 0.759. The van der Waals surface area contributed by atoms with Crippen LogP contribution in [-0.4, -0.2) is 24.0 Å². The molecule has 0 atom stereocenters. The lowest BCUT2D eigenvalue weighted by Gasteiger charge is -2.36. The van der Waals surface area contributed by atoms with E-state index in [1.165, 1.54) is 69.8 Å². The Morgan fingerprint density at radius 1 is 0.848 bits per heavy atom. The van der Waals surface area contributed by atoms with Crippen molar-refractivity contribution in [2.75, 3.05) is 6.61 Å². The smallest absolute Gasteiger partial charge is 0.434 e. The van der Waals surface area contributed by atoms with E-state index in [9.17, 15) is 9.90 Å². The summed E-state index contributed by atoms with van der Waals surface area (Å²) in [7, 11) is 0. The Morgan fingerprint density at radius 3 is 2.00 bits per heavy atom. The molecule has 0 spiro atoms. The van der Waals surface area contributed by atoms with Crippen LogP contribution in [0.15, 0.2) is 24.3 Å². The monoisotopic (exact) mass is 460 g/mol. The number of carbonyl (C=O) groups is 1. The van der Waals surface area contributed by atoms with E-state index in [1.54, 1.807) is 0 Å². The summed E-state index contributed by atoms with van der Waals surface area (Å²) in [5, 5.41) is 11.2. The van der Waals surface area contributed by atoms with Crippen molar-refractivity contribution in [1.82, 2.24) is 0 Å². The maximum Gasteiger partial charge on any atom is 0.508 e. The molecule has 1 fully saturated rings. The molecular weight excluding hydrogens is 412 g/mol. The van der Waals surface area contributed by atoms with Crippen LogP contribution in [0.1, 0.15) is 128 Å². The highest BCUT2D eigenvalue weighted by atomic mass is 16.7. The van der Waals surface area contributed by atoms with Crippen molar-refractivity contribution < 1.29 is 19.4 Å². The SMILES string of the molecule is CCCCCCCCOC(=O)OC1CCC(O)(c2ccc(CCCCCCCC)cc2)CC1. The Morgan fingerprint density at radius 2 is 1.39 bits per heavy atom. The highest BCUT2D eigenvalue weighted by molar-refractivity contribution is 5.60. The second-order valence-corrected chi connectivity index (χ2v) is 9.93. The first kappa shape index (κ1) is 27.7. The summed E-state index contributed by atoms with van der Waals surface area (Å²) in [4.78, 5) is 12.0. The minimum absolute atomic E-state index is 0.158. The molecule has 1 aliphatic carbocycles. The second kappa shape index (κ2) is 16.1. The number of aryl methyl sites for hydroxylation is 1. The van der Waals surface area contributed by atoms with Crippen LogP contribution in [0.5, 0.6) is 0 Å². The van der Waals surface area contributed by atoms with Crippen LogP contribution in [0.3, 0.4) is 0 Å². The van der Waals surface area contributed by atoms with Crippen molar-refractivity contribution in [2.24, 2.45) is 0 Å². The van der Waals surface area contributed by atoms with E-state index >= 15 is 0 Å². The molecule has 0 saturated heterocycles. The Labute approximate surface area is 202 Å². The van der Waals surface area contributed by atoms with E-state index in [-0.39, 0.29) is 6.10 Å². The molecule has 0 heterocycles. The summed E-state index contributed by atoms with van der Waals surface area (Å²) in [6.07, 6.45) is 17.8. The minimum Gasteiger partial charge on any atom is -0.434 e. The van der Waals surface area contributed by atoms with E-state index in [0.29, 0.717) is 32.3 Å². The van der Waals surface area contributed by atoms with Gasteiger partial charge >= 0.3 is 6.16 Å². The topological polar surface area (TPSA) is 55.8 Å². The predicted molar refractivity (Wildman–Crippen MR) is 135 cm³/mol. The van der Waals surface area contributed by atoms with Gasteiger partial charge in [-0.3, -0.25) is 0 Å². The number of rotatable bonds is 16. The molecule has 1 N–H and O–H groups in total. The molecule has 2 rings (SSSR count). The summed E-state index contributed by atoms with van der Waals surface area (Å²) in [6.45, 7) is 4.90. The van der Waals surface area contributed by atoms with Gasteiger partial charge in [-0.2, -0.15) is 0 Å². The number of ether oxygens (including phenoxy) is 2. The van der Waals surface area contributed by atoms with Crippen molar-refractivity contribution in [3.63, 3.8) is 0 Å². The first-order chi connectivity index (χ1) is 16.1. The molecule has 1 saturated carbocycles. The number of aliphatic hydroxyl groups is 1. The van der Waals surface area contributed by atoms with E-state index in [2.05, 4.69) is 38.1 Å². The van der Waals surface area contributed by atoms with Crippen molar-refractivity contribution in [2.45, 2.75) is 135 Å². The maximum atomic E-state index is 12.0. The molecule has 1 aromatic rings. The number of carbonyl (C=O) groups excluding carboxylic acids is 1. The normalized spacial score (nSPS) is 20.5. The molecular formula is C29H48O4. The zero-order valence-electron chi connectivity index (χ0n) is 21.3. The Hall–Kier alpha value is -1.55. The molecule has 4 nitrogen and oxygen atoms in total. The van der Waals surface area contributed by atoms with Crippen LogP contribution >= 0.6 is 0 Å². The number of benzene rings is 1. The van der Waals surface area contributed by atoms with Crippen LogP contribution in [0.25, 0.3) is 0 Å². The zero-order chi connectivity index (χ0) is 23.8. The quantitative estimate of drug-likeness (QED) is 0.199. The van der Waals surface area contributed by atoms with Gasteiger partial charge in [0.1, 0.15) is 6.10 Å². The first-order valence-electron chi connectivity index (χ1n) is 13.7. The fourth-order valence-electron chi connectivity index (χ4n) is 4.77. The Bertz CT molecular complexity index is 632. The van der Waals surface area contributed by atoms with Crippen molar-refractivity contribution >= 4 is 6.16 Å². The lowest BCUT2D eigenvalue weighted by atomic mass is 9.78. The van der Waals surface area contributed by atoms with Crippen LogP contribution < -0.4 is 0 Å². The third kappa shape index (κ3) is 10.9. The summed E-state index contributed by atoms with van der Waals surface area (Å²) in [5.41, 5.74) is 1.52. The summed E-state index contributed by atoms with van der Waals surface area (Å²) in [5.74, 6) is 0. The highest BCUT2D eigenvalue weighted by Crippen LogP contribution is 2.38. The largest absolute Gasteiger partial charge is 0.508 e. The van der Waals surface area contributed by atoms with Gasteiger partial charge < -0.3 is 14.6 Å². The molecule has 0 aliphatic heterocycles. The zero-order valence-corrected chi connectivity index (χ0v) is 21.3. The van der Waals surface area contributed by atoms with E-state index in [0.717, 1.165) is 24.8 Å². The molecule has 1 aromatic carbocycles. The molecule has 4 heteroatoms. The molecule has 0 bridgehead atoms. The van der Waals surface area contributed by atoms with Gasteiger partial charge in [0.15, 0.2) is 0 Å². The fourth-order valence-corrected chi connectivity index (χ4v) is 4.77. The molecule has 188 valence electrons. The molecule has 33 heavy (non-hydrogen) atoms. The number of hydrogen-bond donors (Lipinski definition) is 1. The highest BCUT2D eigenvalue weighted by Gasteiger charge is 2.36. The van der Waals surface area contributed by atoms with E-state index in [4.69, 9.17) is 9.47 Å². The average Bonchev–Trinajstić information content (AvgIpc) is 2.83. The van der Waals surface area contributed by atoms with Gasteiger partial charge in [0, 0.05) is 0 Å². The van der Waals surface area contributed by atoms with Gasteiger partial charge in [-0.1, -0.05) is 102 Å². The van der Waals surface area contributed by atoms with Crippen molar-refractivity contribution in [3.05, 3.63) is 35.4 Å². The third-order valence-electron chi connectivity index (χ3n) is 7.05. The second-order valence-electron chi connectivity index (χ2n) is 9.93. The Balaban J connectivity index is 1.63. The standard InChI is InChI=1S/C29H48O4/c1-3-5-7-9-11-13-15-25-16-18-26(19-17-25)29(31)22-20-27(21-23-29)33-28(30)32-24-14-12-10-8-6-4-2/h16-19,27,31H,3-15,20-24H2,1-2H3. The van der Waals surface area contributed by atoms with Crippen LogP contribution in [0, 0.1) is 0 Å². The minimum atomic E-state index is -0.819. The Kier molecular flexibility index (Phi) is 13.5. The predicted octanol–water partition coefficient (Wildman–Crippen LogP) is 8.23. The van der Waals surface area contributed by atoms with Crippen LogP contribution in [0.2, 0.25) is 0 Å². The average molecular weight is 461 g/mol. The van der Waals surface area contributed by atoms with Gasteiger partial charge in [0.2, 0.25) is 0 Å². The number of hydrogen-bond acceptors (Lipinski definition) is 4. The summed E-state index contributed by atoms with van der Waals surface area (Å²) >= 11 is 0.